The van der Waals surface area contributed by atoms with E-state index in [1.807, 2.05) is 0 Å². The van der Waals surface area contributed by atoms with Crippen LogP contribution in [0, 0.1) is 31.9 Å². The maximum absolute atomic E-state index is 15.5. The molecule has 0 N–H and O–H groups in total. The number of benzene rings is 3. The molecule has 0 unspecified atom stereocenters. The molecule has 2 aliphatic rings. The zero-order valence-electron chi connectivity index (χ0n) is 20.7. The fraction of sp³-hybridized carbons (Fsp3) is 0.333. The molecule has 3 aromatic rings. The van der Waals surface area contributed by atoms with Crippen LogP contribution in [-0.2, 0) is 0 Å². The van der Waals surface area contributed by atoms with E-state index in [-0.39, 0.29) is 32.8 Å². The normalized spacial score (nSPS) is 19.4. The minimum absolute atomic E-state index is 0.0267. The molecule has 5 rings (SSSR count). The highest BCUT2D eigenvalue weighted by Crippen LogP contribution is 2.49. The summed E-state index contributed by atoms with van der Waals surface area (Å²) in [7, 11) is 0. The van der Waals surface area contributed by atoms with Gasteiger partial charge in [-0.3, -0.25) is 20.2 Å². The summed E-state index contributed by atoms with van der Waals surface area (Å²) in [5, 5.41) is 23.1. The Labute approximate surface area is 233 Å². The predicted octanol–water partition coefficient (Wildman–Crippen LogP) is 8.16. The summed E-state index contributed by atoms with van der Waals surface area (Å²) < 4.78 is 31.1. The number of hydrogen-bond donors (Lipinski definition) is 0. The van der Waals surface area contributed by atoms with Crippen LogP contribution in [0.3, 0.4) is 0 Å². The lowest BCUT2D eigenvalue weighted by Gasteiger charge is -2.35. The van der Waals surface area contributed by atoms with Crippen LogP contribution in [0.25, 0.3) is 0 Å². The molecule has 0 amide bonds. The Kier molecular flexibility index (Phi) is 7.59. The topological polar surface area (TPSA) is 92.8 Å². The maximum atomic E-state index is 15.5. The maximum Gasteiger partial charge on any atom is 0.288 e. The van der Waals surface area contributed by atoms with E-state index < -0.39 is 33.6 Å². The van der Waals surface area contributed by atoms with E-state index in [1.165, 1.54) is 36.4 Å². The number of nitro benzene ring substituents is 2. The largest absolute Gasteiger partial charge is 0.367 e. The standard InChI is InChI=1S/C27H24Cl2F2N4O4/c28-19-6-4-16(12-25(19)34(36)37)23-8-9-24(17-5-7-20(29)26(13-17)35(38)39)33(23)18-14-21(30)27(22(31)15-18)32-10-2-1-3-11-32/h4-7,12-15,23-24H,1-3,8-11H2/t23-,24-/m1/s1. The molecule has 0 spiro atoms. The van der Waals surface area contributed by atoms with Gasteiger partial charge in [0.2, 0.25) is 0 Å². The molecule has 2 fully saturated rings. The van der Waals surface area contributed by atoms with Gasteiger partial charge in [0.05, 0.1) is 21.9 Å². The van der Waals surface area contributed by atoms with Gasteiger partial charge in [0.25, 0.3) is 11.4 Å². The third kappa shape index (κ3) is 5.23. The second-order valence-corrected chi connectivity index (χ2v) is 10.6. The summed E-state index contributed by atoms with van der Waals surface area (Å²) in [6, 6.07) is 10.4. The zero-order chi connectivity index (χ0) is 27.8. The Balaban J connectivity index is 1.62. The van der Waals surface area contributed by atoms with E-state index in [1.54, 1.807) is 21.9 Å². The Morgan fingerprint density at radius 2 is 1.21 bits per heavy atom. The summed E-state index contributed by atoms with van der Waals surface area (Å²) in [5.74, 6) is -1.42. The SMILES string of the molecule is O=[N+]([O-])c1cc([C@H]2CC[C@H](c3ccc(Cl)c([N+](=O)[O-])c3)N2c2cc(F)c(N3CCCCC3)c(F)c2)ccc1Cl. The Hall–Kier alpha value is -3.50. The average Bonchev–Trinajstić information content (AvgIpc) is 3.34. The quantitative estimate of drug-likeness (QED) is 0.217. The summed E-state index contributed by atoms with van der Waals surface area (Å²) in [4.78, 5) is 25.4. The fourth-order valence-corrected chi connectivity index (χ4v) is 6.07. The summed E-state index contributed by atoms with van der Waals surface area (Å²) in [5.41, 5.74) is 0.675. The fourth-order valence-electron chi connectivity index (χ4n) is 5.70. The van der Waals surface area contributed by atoms with Gasteiger partial charge in [-0.05, 0) is 67.5 Å². The molecule has 0 bridgehead atoms. The van der Waals surface area contributed by atoms with Crippen molar-refractivity contribution in [3.63, 3.8) is 0 Å². The van der Waals surface area contributed by atoms with Crippen molar-refractivity contribution in [3.05, 3.63) is 102 Å². The van der Waals surface area contributed by atoms with Crippen molar-refractivity contribution in [2.45, 2.75) is 44.2 Å². The second-order valence-electron chi connectivity index (χ2n) is 9.76. The minimum atomic E-state index is -0.708. The van der Waals surface area contributed by atoms with Crippen molar-refractivity contribution in [2.75, 3.05) is 22.9 Å². The van der Waals surface area contributed by atoms with Gasteiger partial charge >= 0.3 is 0 Å². The molecule has 204 valence electrons. The van der Waals surface area contributed by atoms with Crippen LogP contribution in [0.15, 0.2) is 48.5 Å². The highest BCUT2D eigenvalue weighted by Gasteiger charge is 2.38. The number of rotatable bonds is 6. The Morgan fingerprint density at radius 3 is 1.64 bits per heavy atom. The molecule has 8 nitrogen and oxygen atoms in total. The summed E-state index contributed by atoms with van der Waals surface area (Å²) in [6.07, 6.45) is 3.65. The third-order valence-corrected chi connectivity index (χ3v) is 8.10. The molecule has 3 aromatic carbocycles. The summed E-state index contributed by atoms with van der Waals surface area (Å²) in [6.45, 7) is 1.12. The van der Waals surface area contributed by atoms with Crippen LogP contribution in [0.1, 0.15) is 55.3 Å². The number of hydrogen-bond acceptors (Lipinski definition) is 6. The van der Waals surface area contributed by atoms with Crippen LogP contribution in [0.2, 0.25) is 10.0 Å². The molecule has 12 heteroatoms. The molecule has 0 saturated carbocycles. The first-order valence-corrected chi connectivity index (χ1v) is 13.3. The van der Waals surface area contributed by atoms with Crippen molar-refractivity contribution >= 4 is 46.0 Å². The van der Waals surface area contributed by atoms with E-state index >= 15 is 8.78 Å². The third-order valence-electron chi connectivity index (χ3n) is 7.46. The van der Waals surface area contributed by atoms with Gasteiger partial charge in [-0.15, -0.1) is 0 Å². The highest BCUT2D eigenvalue weighted by molar-refractivity contribution is 6.33. The molecular weight excluding hydrogens is 553 g/mol. The number of nitro groups is 2. The molecule has 0 radical (unpaired) electrons. The number of piperidine rings is 1. The lowest BCUT2D eigenvalue weighted by molar-refractivity contribution is -0.384. The van der Waals surface area contributed by atoms with Crippen LogP contribution >= 0.6 is 23.2 Å². The second kappa shape index (κ2) is 10.9. The van der Waals surface area contributed by atoms with E-state index in [2.05, 4.69) is 0 Å². The first-order chi connectivity index (χ1) is 18.7. The highest BCUT2D eigenvalue weighted by atomic mass is 35.5. The van der Waals surface area contributed by atoms with Crippen molar-refractivity contribution in [2.24, 2.45) is 0 Å². The van der Waals surface area contributed by atoms with Gasteiger partial charge in [-0.1, -0.05) is 35.3 Å². The molecule has 2 atom stereocenters. The van der Waals surface area contributed by atoms with E-state index in [9.17, 15) is 20.2 Å². The van der Waals surface area contributed by atoms with E-state index in [4.69, 9.17) is 23.2 Å². The van der Waals surface area contributed by atoms with Gasteiger partial charge in [0.1, 0.15) is 15.7 Å². The predicted molar refractivity (Wildman–Crippen MR) is 146 cm³/mol. The first-order valence-electron chi connectivity index (χ1n) is 12.6. The molecule has 2 heterocycles. The Bertz CT molecular complexity index is 1360. The van der Waals surface area contributed by atoms with Crippen molar-refractivity contribution in [1.29, 1.82) is 0 Å². The van der Waals surface area contributed by atoms with Crippen molar-refractivity contribution in [1.82, 2.24) is 0 Å². The molecule has 0 aliphatic carbocycles. The van der Waals surface area contributed by atoms with Crippen molar-refractivity contribution < 1.29 is 18.6 Å². The molecule has 0 aromatic heterocycles. The van der Waals surface area contributed by atoms with E-state index in [0.717, 1.165) is 19.3 Å². The van der Waals surface area contributed by atoms with Crippen LogP contribution < -0.4 is 9.80 Å². The number of nitrogens with zero attached hydrogens (tertiary/aromatic N) is 4. The van der Waals surface area contributed by atoms with Gasteiger partial charge in [-0.25, -0.2) is 8.78 Å². The molecule has 39 heavy (non-hydrogen) atoms. The first kappa shape index (κ1) is 27.1. The Morgan fingerprint density at radius 1 is 0.744 bits per heavy atom. The molecule has 2 saturated heterocycles. The average molecular weight is 577 g/mol. The smallest absolute Gasteiger partial charge is 0.288 e. The number of halogens is 4. The van der Waals surface area contributed by atoms with Crippen LogP contribution in [0.4, 0.5) is 31.5 Å². The monoisotopic (exact) mass is 576 g/mol. The van der Waals surface area contributed by atoms with Crippen LogP contribution in [-0.4, -0.2) is 22.9 Å². The van der Waals surface area contributed by atoms with Gasteiger partial charge in [0.15, 0.2) is 11.6 Å². The zero-order valence-corrected chi connectivity index (χ0v) is 22.2. The van der Waals surface area contributed by atoms with Crippen LogP contribution in [0.5, 0.6) is 0 Å². The van der Waals surface area contributed by atoms with Gasteiger partial charge in [-0.2, -0.15) is 0 Å². The van der Waals surface area contributed by atoms with Gasteiger partial charge in [0, 0.05) is 30.9 Å². The molecule has 2 aliphatic heterocycles. The van der Waals surface area contributed by atoms with Gasteiger partial charge < -0.3 is 9.80 Å². The van der Waals surface area contributed by atoms with Crippen molar-refractivity contribution in [3.8, 4) is 0 Å². The van der Waals surface area contributed by atoms with E-state index in [0.29, 0.717) is 37.1 Å². The lowest BCUT2D eigenvalue weighted by atomic mass is 10.0. The number of anilines is 2. The molecular formula is C27H24Cl2F2N4O4. The minimum Gasteiger partial charge on any atom is -0.367 e. The summed E-state index contributed by atoms with van der Waals surface area (Å²) >= 11 is 12.1. The lowest BCUT2D eigenvalue weighted by Crippen LogP contribution is -2.31.